The van der Waals surface area contributed by atoms with Crippen LogP contribution >= 0.6 is 11.3 Å². The van der Waals surface area contributed by atoms with Gasteiger partial charge in [0.15, 0.2) is 4.80 Å². The van der Waals surface area contributed by atoms with E-state index in [1.165, 1.54) is 18.4 Å². The number of rotatable bonds is 7. The quantitative estimate of drug-likeness (QED) is 0.698. The number of hydrogen-bond acceptors (Lipinski definition) is 2. The van der Waals surface area contributed by atoms with Gasteiger partial charge in [-0.25, -0.2) is 0 Å². The summed E-state index contributed by atoms with van der Waals surface area (Å²) in [5.74, 6) is 2.61. The van der Waals surface area contributed by atoms with Crippen LogP contribution in [0.1, 0.15) is 51.5 Å². The average molecular weight is 328 g/mol. The number of amides is 1. The molecule has 2 rings (SSSR count). The Kier molecular flexibility index (Phi) is 6.61. The van der Waals surface area contributed by atoms with E-state index in [9.17, 15) is 4.79 Å². The number of unbranched alkanes of at least 4 members (excludes halogenated alkanes) is 2. The maximum absolute atomic E-state index is 12.0. The smallest absolute Gasteiger partial charge is 0.248 e. The number of benzene rings is 1. The monoisotopic (exact) mass is 328 g/mol. The van der Waals surface area contributed by atoms with E-state index < -0.39 is 0 Å². The molecule has 3 nitrogen and oxygen atoms in total. The topological polar surface area (TPSA) is 34.4 Å². The largest absolute Gasteiger partial charge is 0.305 e. The summed E-state index contributed by atoms with van der Waals surface area (Å²) < 4.78 is 3.11. The summed E-state index contributed by atoms with van der Waals surface area (Å²) >= 11 is 1.55. The molecule has 122 valence electrons. The second-order valence-corrected chi connectivity index (χ2v) is 6.70. The summed E-state index contributed by atoms with van der Waals surface area (Å²) in [5.41, 5.74) is 2.40. The van der Waals surface area contributed by atoms with Crippen LogP contribution < -0.4 is 4.80 Å². The molecule has 0 radical (unpaired) electrons. The fraction of sp³-hybridized carbons (Fsp3) is 0.474. The van der Waals surface area contributed by atoms with Crippen LogP contribution in [0.25, 0.3) is 10.2 Å². The first-order valence-corrected chi connectivity index (χ1v) is 9.14. The minimum atomic E-state index is -0.0598. The first-order chi connectivity index (χ1) is 11.2. The summed E-state index contributed by atoms with van der Waals surface area (Å²) in [7, 11) is 0. The molecule has 0 aliphatic rings. The van der Waals surface area contributed by atoms with Crippen molar-refractivity contribution in [3.63, 3.8) is 0 Å². The van der Waals surface area contributed by atoms with Gasteiger partial charge in [-0.1, -0.05) is 50.0 Å². The van der Waals surface area contributed by atoms with Crippen LogP contribution in [0.2, 0.25) is 0 Å². The summed E-state index contributed by atoms with van der Waals surface area (Å²) in [4.78, 5) is 17.0. The normalized spacial score (nSPS) is 11.8. The SMILES string of the molecule is C#CCn1c(=NC(=O)CCCC)sc2cc(CCCC)ccc21. The molecule has 1 aromatic carbocycles. The number of aryl methyl sites for hydroxylation is 1. The van der Waals surface area contributed by atoms with Gasteiger partial charge in [-0.15, -0.1) is 6.42 Å². The summed E-state index contributed by atoms with van der Waals surface area (Å²) in [5, 5.41) is 0. The van der Waals surface area contributed by atoms with Gasteiger partial charge in [0.1, 0.15) is 0 Å². The molecule has 2 aromatic rings. The number of fused-ring (bicyclic) bond motifs is 1. The van der Waals surface area contributed by atoms with Crippen molar-refractivity contribution in [2.45, 2.75) is 58.9 Å². The lowest BCUT2D eigenvalue weighted by Crippen LogP contribution is -2.16. The molecule has 4 heteroatoms. The van der Waals surface area contributed by atoms with E-state index in [1.807, 2.05) is 4.57 Å². The van der Waals surface area contributed by atoms with Crippen molar-refractivity contribution in [1.82, 2.24) is 4.57 Å². The number of terminal acetylenes is 1. The molecule has 0 aliphatic heterocycles. The van der Waals surface area contributed by atoms with Gasteiger partial charge in [0.05, 0.1) is 16.8 Å². The highest BCUT2D eigenvalue weighted by molar-refractivity contribution is 7.16. The van der Waals surface area contributed by atoms with Crippen LogP contribution in [0.15, 0.2) is 23.2 Å². The first kappa shape index (κ1) is 17.5. The predicted molar refractivity (Wildman–Crippen MR) is 97.4 cm³/mol. The Morgan fingerprint density at radius 2 is 2.09 bits per heavy atom. The average Bonchev–Trinajstić information content (AvgIpc) is 2.88. The molecular weight excluding hydrogens is 304 g/mol. The minimum absolute atomic E-state index is 0.0598. The van der Waals surface area contributed by atoms with Crippen LogP contribution in [0, 0.1) is 12.3 Å². The van der Waals surface area contributed by atoms with Gasteiger partial charge in [0.2, 0.25) is 5.91 Å². The Morgan fingerprint density at radius 3 is 2.78 bits per heavy atom. The number of aromatic nitrogens is 1. The standard InChI is InChI=1S/C19H24N2OS/c1-4-7-9-15-11-12-16-17(14-15)23-19(21(16)13-6-3)20-18(22)10-8-5-2/h3,11-12,14H,4-5,7-10,13H2,1-2H3. The first-order valence-electron chi connectivity index (χ1n) is 8.32. The summed E-state index contributed by atoms with van der Waals surface area (Å²) in [6, 6.07) is 6.46. The van der Waals surface area contributed by atoms with E-state index in [0.29, 0.717) is 17.8 Å². The van der Waals surface area contributed by atoms with Crippen molar-refractivity contribution < 1.29 is 4.79 Å². The highest BCUT2D eigenvalue weighted by Crippen LogP contribution is 2.20. The van der Waals surface area contributed by atoms with Crippen molar-refractivity contribution in [1.29, 1.82) is 0 Å². The molecule has 0 aliphatic carbocycles. The Morgan fingerprint density at radius 1 is 1.30 bits per heavy atom. The lowest BCUT2D eigenvalue weighted by molar-refractivity contribution is -0.118. The molecule has 0 bridgehead atoms. The molecule has 1 heterocycles. The maximum atomic E-state index is 12.0. The number of hydrogen-bond donors (Lipinski definition) is 0. The number of nitrogens with zero attached hydrogens (tertiary/aromatic N) is 2. The van der Waals surface area contributed by atoms with Gasteiger partial charge < -0.3 is 4.57 Å². The third-order valence-corrected chi connectivity index (χ3v) is 4.82. The second kappa shape index (κ2) is 8.69. The number of carbonyl (C=O) groups is 1. The molecule has 0 saturated carbocycles. The lowest BCUT2D eigenvalue weighted by Gasteiger charge is -2.02. The minimum Gasteiger partial charge on any atom is -0.305 e. The second-order valence-electron chi connectivity index (χ2n) is 5.69. The van der Waals surface area contributed by atoms with E-state index >= 15 is 0 Å². The van der Waals surface area contributed by atoms with Gasteiger partial charge >= 0.3 is 0 Å². The zero-order chi connectivity index (χ0) is 16.7. The molecule has 1 amide bonds. The van der Waals surface area contributed by atoms with Crippen LogP contribution in [0.3, 0.4) is 0 Å². The van der Waals surface area contributed by atoms with E-state index in [1.54, 1.807) is 11.3 Å². The van der Waals surface area contributed by atoms with Gasteiger partial charge in [0.25, 0.3) is 0 Å². The fourth-order valence-corrected chi connectivity index (χ4v) is 3.58. The number of thiazole rings is 1. The van der Waals surface area contributed by atoms with Crippen LogP contribution in [-0.4, -0.2) is 10.5 Å². The third kappa shape index (κ3) is 4.56. The van der Waals surface area contributed by atoms with Crippen LogP contribution in [0.5, 0.6) is 0 Å². The Balaban J connectivity index is 2.43. The van der Waals surface area contributed by atoms with Crippen LogP contribution in [-0.2, 0) is 17.8 Å². The molecule has 1 aromatic heterocycles. The molecule has 0 atom stereocenters. The summed E-state index contributed by atoms with van der Waals surface area (Å²) in [6.45, 7) is 4.71. The van der Waals surface area contributed by atoms with Crippen molar-refractivity contribution >= 4 is 27.5 Å². The number of carbonyl (C=O) groups excluding carboxylic acids is 1. The van der Waals surface area contributed by atoms with E-state index in [-0.39, 0.29) is 5.91 Å². The van der Waals surface area contributed by atoms with Crippen LogP contribution in [0.4, 0.5) is 0 Å². The van der Waals surface area contributed by atoms with Gasteiger partial charge in [-0.3, -0.25) is 4.79 Å². The van der Waals surface area contributed by atoms with Crippen molar-refractivity contribution in [3.8, 4) is 12.3 Å². The third-order valence-electron chi connectivity index (χ3n) is 3.78. The Hall–Kier alpha value is -1.86. The van der Waals surface area contributed by atoms with Gasteiger partial charge in [0, 0.05) is 6.42 Å². The van der Waals surface area contributed by atoms with Gasteiger partial charge in [-0.05, 0) is 37.0 Å². The fourth-order valence-electron chi connectivity index (χ4n) is 2.47. The molecule has 23 heavy (non-hydrogen) atoms. The Bertz CT molecular complexity index is 777. The highest BCUT2D eigenvalue weighted by atomic mass is 32.1. The molecule has 0 N–H and O–H groups in total. The molecule has 0 spiro atoms. The van der Waals surface area contributed by atoms with E-state index in [4.69, 9.17) is 6.42 Å². The lowest BCUT2D eigenvalue weighted by atomic mass is 10.1. The summed E-state index contributed by atoms with van der Waals surface area (Å²) in [6.07, 6.45) is 11.3. The van der Waals surface area contributed by atoms with Crippen molar-refractivity contribution in [3.05, 3.63) is 28.6 Å². The zero-order valence-corrected chi connectivity index (χ0v) is 14.8. The highest BCUT2D eigenvalue weighted by Gasteiger charge is 2.08. The molecule has 0 unspecified atom stereocenters. The van der Waals surface area contributed by atoms with E-state index in [0.717, 1.165) is 29.5 Å². The Labute approximate surface area is 142 Å². The maximum Gasteiger partial charge on any atom is 0.248 e. The van der Waals surface area contributed by atoms with Gasteiger partial charge in [-0.2, -0.15) is 4.99 Å². The van der Waals surface area contributed by atoms with Crippen molar-refractivity contribution in [2.24, 2.45) is 4.99 Å². The van der Waals surface area contributed by atoms with Crippen molar-refractivity contribution in [2.75, 3.05) is 0 Å². The molecular formula is C19H24N2OS. The zero-order valence-electron chi connectivity index (χ0n) is 14.0. The predicted octanol–water partition coefficient (Wildman–Crippen LogP) is 4.30. The molecule has 0 fully saturated rings. The van der Waals surface area contributed by atoms with E-state index in [2.05, 4.69) is 43.0 Å². The molecule has 0 saturated heterocycles.